The van der Waals surface area contributed by atoms with Crippen LogP contribution < -0.4 is 10.6 Å². The van der Waals surface area contributed by atoms with E-state index in [-0.39, 0.29) is 5.82 Å². The lowest BCUT2D eigenvalue weighted by Crippen LogP contribution is -2.07. The van der Waals surface area contributed by atoms with Gasteiger partial charge in [-0.15, -0.1) is 0 Å². The lowest BCUT2D eigenvalue weighted by Gasteiger charge is -2.12. The number of rotatable bonds is 5. The summed E-state index contributed by atoms with van der Waals surface area (Å²) >= 11 is 0. The molecule has 0 unspecified atom stereocenters. The number of aryl methyl sites for hydroxylation is 3. The first-order chi connectivity index (χ1) is 12.0. The largest absolute Gasteiger partial charge is 0.350 e. The fourth-order valence-corrected chi connectivity index (χ4v) is 2.62. The van der Waals surface area contributed by atoms with Crippen LogP contribution in [0.4, 0.5) is 21.8 Å². The van der Waals surface area contributed by atoms with Gasteiger partial charge >= 0.3 is 0 Å². The molecule has 0 bridgehead atoms. The van der Waals surface area contributed by atoms with Gasteiger partial charge in [0.25, 0.3) is 0 Å². The maximum absolute atomic E-state index is 13.7. The average Bonchev–Trinajstić information content (AvgIpc) is 2.56. The summed E-state index contributed by atoms with van der Waals surface area (Å²) in [6.45, 7) is 6.36. The van der Waals surface area contributed by atoms with Crippen molar-refractivity contribution in [2.45, 2.75) is 27.3 Å². The minimum atomic E-state index is -0.240. The van der Waals surface area contributed by atoms with Gasteiger partial charge in [-0.2, -0.15) is 4.98 Å². The number of aromatic nitrogens is 2. The summed E-state index contributed by atoms with van der Waals surface area (Å²) < 4.78 is 13.7. The molecule has 0 aliphatic carbocycles. The summed E-state index contributed by atoms with van der Waals surface area (Å²) in [5, 5.41) is 6.42. The van der Waals surface area contributed by atoms with E-state index < -0.39 is 0 Å². The van der Waals surface area contributed by atoms with Crippen molar-refractivity contribution < 1.29 is 4.39 Å². The minimum absolute atomic E-state index is 0.240. The van der Waals surface area contributed by atoms with Crippen LogP contribution in [0.2, 0.25) is 0 Å². The molecule has 0 aliphatic rings. The van der Waals surface area contributed by atoms with E-state index in [1.54, 1.807) is 12.1 Å². The first-order valence-electron chi connectivity index (χ1n) is 8.18. The van der Waals surface area contributed by atoms with Crippen molar-refractivity contribution >= 4 is 17.5 Å². The Balaban J connectivity index is 1.77. The molecule has 0 atom stereocenters. The summed E-state index contributed by atoms with van der Waals surface area (Å²) in [6.07, 6.45) is 0. The van der Waals surface area contributed by atoms with Gasteiger partial charge < -0.3 is 10.6 Å². The van der Waals surface area contributed by atoms with Crippen molar-refractivity contribution in [1.29, 1.82) is 0 Å². The summed E-state index contributed by atoms with van der Waals surface area (Å²) in [4.78, 5) is 8.85. The SMILES string of the molecule is Cc1ccc(Nc2cc(C)nc(NCc3ccccc3F)n2)c(C)c1. The fraction of sp³-hybridized carbons (Fsp3) is 0.200. The predicted octanol–water partition coefficient (Wildman–Crippen LogP) is 4.90. The zero-order chi connectivity index (χ0) is 17.8. The highest BCUT2D eigenvalue weighted by molar-refractivity contribution is 5.61. The van der Waals surface area contributed by atoms with Gasteiger partial charge in [0.05, 0.1) is 0 Å². The molecule has 0 saturated carbocycles. The van der Waals surface area contributed by atoms with E-state index in [1.165, 1.54) is 11.6 Å². The number of nitrogens with zero attached hydrogens (tertiary/aromatic N) is 2. The van der Waals surface area contributed by atoms with Crippen LogP contribution in [-0.2, 0) is 6.54 Å². The molecular weight excluding hydrogens is 315 g/mol. The molecule has 1 heterocycles. The number of hydrogen-bond acceptors (Lipinski definition) is 4. The third-order valence-corrected chi connectivity index (χ3v) is 3.89. The van der Waals surface area contributed by atoms with Crippen molar-refractivity contribution in [1.82, 2.24) is 9.97 Å². The molecule has 0 aliphatic heterocycles. The Hall–Kier alpha value is -2.95. The second-order valence-electron chi connectivity index (χ2n) is 6.11. The van der Waals surface area contributed by atoms with Gasteiger partial charge in [0.15, 0.2) is 0 Å². The Morgan fingerprint density at radius 1 is 0.960 bits per heavy atom. The summed E-state index contributed by atoms with van der Waals surface area (Å²) in [5.74, 6) is 0.933. The monoisotopic (exact) mass is 336 g/mol. The molecule has 3 aromatic rings. The van der Waals surface area contributed by atoms with Crippen LogP contribution in [0.15, 0.2) is 48.5 Å². The molecular formula is C20H21FN4. The maximum Gasteiger partial charge on any atom is 0.225 e. The first-order valence-corrected chi connectivity index (χ1v) is 8.18. The van der Waals surface area contributed by atoms with Crippen molar-refractivity contribution in [3.05, 3.63) is 76.7 Å². The summed E-state index contributed by atoms with van der Waals surface area (Å²) in [6, 6.07) is 14.8. The lowest BCUT2D eigenvalue weighted by molar-refractivity contribution is 0.612. The van der Waals surface area contributed by atoms with Gasteiger partial charge in [0.2, 0.25) is 5.95 Å². The molecule has 4 nitrogen and oxygen atoms in total. The Bertz CT molecular complexity index is 893. The normalized spacial score (nSPS) is 10.6. The van der Waals surface area contributed by atoms with Crippen LogP contribution in [0.1, 0.15) is 22.4 Å². The van der Waals surface area contributed by atoms with Crippen LogP contribution in [0.3, 0.4) is 0 Å². The van der Waals surface area contributed by atoms with Crippen molar-refractivity contribution in [3.8, 4) is 0 Å². The van der Waals surface area contributed by atoms with Crippen LogP contribution in [-0.4, -0.2) is 9.97 Å². The lowest BCUT2D eigenvalue weighted by atomic mass is 10.1. The van der Waals surface area contributed by atoms with Crippen LogP contribution in [0.25, 0.3) is 0 Å². The zero-order valence-electron chi connectivity index (χ0n) is 14.6. The van der Waals surface area contributed by atoms with E-state index in [9.17, 15) is 4.39 Å². The third kappa shape index (κ3) is 4.32. The van der Waals surface area contributed by atoms with Gasteiger partial charge in [0, 0.05) is 29.6 Å². The fourth-order valence-electron chi connectivity index (χ4n) is 2.62. The van der Waals surface area contributed by atoms with Crippen molar-refractivity contribution in [3.63, 3.8) is 0 Å². The molecule has 25 heavy (non-hydrogen) atoms. The number of anilines is 3. The number of halogens is 1. The van der Waals surface area contributed by atoms with Gasteiger partial charge in [-0.3, -0.25) is 0 Å². The number of nitrogens with one attached hydrogen (secondary N) is 2. The smallest absolute Gasteiger partial charge is 0.225 e. The van der Waals surface area contributed by atoms with E-state index in [0.717, 1.165) is 16.9 Å². The van der Waals surface area contributed by atoms with Crippen LogP contribution in [0.5, 0.6) is 0 Å². The Morgan fingerprint density at radius 3 is 2.52 bits per heavy atom. The molecule has 0 amide bonds. The highest BCUT2D eigenvalue weighted by Gasteiger charge is 2.06. The zero-order valence-corrected chi connectivity index (χ0v) is 14.6. The predicted molar refractivity (Wildman–Crippen MR) is 99.7 cm³/mol. The van der Waals surface area contributed by atoms with E-state index in [1.807, 2.05) is 25.1 Å². The second-order valence-corrected chi connectivity index (χ2v) is 6.11. The molecule has 0 radical (unpaired) electrons. The first kappa shape index (κ1) is 16.9. The molecule has 3 rings (SSSR count). The Kier molecular flexibility index (Phi) is 4.93. The highest BCUT2D eigenvalue weighted by Crippen LogP contribution is 2.21. The van der Waals surface area contributed by atoms with E-state index in [0.29, 0.717) is 23.9 Å². The average molecular weight is 336 g/mol. The van der Waals surface area contributed by atoms with Crippen molar-refractivity contribution in [2.24, 2.45) is 0 Å². The topological polar surface area (TPSA) is 49.8 Å². The molecule has 128 valence electrons. The Labute approximate surface area is 147 Å². The van der Waals surface area contributed by atoms with Gasteiger partial charge in [0.1, 0.15) is 11.6 Å². The summed E-state index contributed by atoms with van der Waals surface area (Å²) in [5.41, 5.74) is 4.78. The number of hydrogen-bond donors (Lipinski definition) is 2. The molecule has 0 saturated heterocycles. The Morgan fingerprint density at radius 2 is 1.76 bits per heavy atom. The van der Waals surface area contributed by atoms with Gasteiger partial charge in [-0.1, -0.05) is 35.9 Å². The molecule has 0 spiro atoms. The molecule has 2 aromatic carbocycles. The second kappa shape index (κ2) is 7.30. The molecule has 1 aromatic heterocycles. The number of benzene rings is 2. The standard InChI is InChI=1S/C20H21FN4/c1-13-8-9-18(14(2)10-13)24-19-11-15(3)23-20(25-19)22-12-16-6-4-5-7-17(16)21/h4-11H,12H2,1-3H3,(H2,22,23,24,25). The van der Waals surface area contributed by atoms with Gasteiger partial charge in [-0.25, -0.2) is 9.37 Å². The van der Waals surface area contributed by atoms with Crippen LogP contribution >= 0.6 is 0 Å². The highest BCUT2D eigenvalue weighted by atomic mass is 19.1. The molecule has 5 heteroatoms. The quantitative estimate of drug-likeness (QED) is 0.696. The summed E-state index contributed by atoms with van der Waals surface area (Å²) in [7, 11) is 0. The minimum Gasteiger partial charge on any atom is -0.350 e. The molecule has 0 fully saturated rings. The van der Waals surface area contributed by atoms with Gasteiger partial charge in [-0.05, 0) is 38.5 Å². The van der Waals surface area contributed by atoms with E-state index >= 15 is 0 Å². The third-order valence-electron chi connectivity index (χ3n) is 3.89. The van der Waals surface area contributed by atoms with E-state index in [4.69, 9.17) is 0 Å². The maximum atomic E-state index is 13.7. The van der Waals surface area contributed by atoms with Crippen LogP contribution in [0, 0.1) is 26.6 Å². The van der Waals surface area contributed by atoms with E-state index in [2.05, 4.69) is 46.6 Å². The van der Waals surface area contributed by atoms with Crippen molar-refractivity contribution in [2.75, 3.05) is 10.6 Å². The molecule has 2 N–H and O–H groups in total.